The fraction of sp³-hybridized carbons (Fsp3) is 0.487. The van der Waals surface area contributed by atoms with Crippen molar-refractivity contribution in [3.63, 3.8) is 0 Å². The van der Waals surface area contributed by atoms with Crippen molar-refractivity contribution in [1.29, 1.82) is 0 Å². The van der Waals surface area contributed by atoms with E-state index in [1.807, 2.05) is 86.7 Å². The highest BCUT2D eigenvalue weighted by Crippen LogP contribution is 2.57. The van der Waals surface area contributed by atoms with Crippen molar-refractivity contribution < 1.29 is 33.8 Å². The zero-order valence-corrected chi connectivity index (χ0v) is 28.7. The Morgan fingerprint density at radius 1 is 0.980 bits per heavy atom. The van der Waals surface area contributed by atoms with Crippen molar-refractivity contribution in [2.75, 3.05) is 20.2 Å². The highest BCUT2D eigenvalue weighted by molar-refractivity contribution is 5.99. The standard InChI is InChI=1S/C39H47N3O7/c1-5-15-25(2)41-23-14-8-13-20-31(44)40(4)26(3)34(28-18-11-7-12-19-28)48-38(47)32-30-21-22-39(49-30)33(32)36(45)42(35(39)37(41)46)29(24-43)27-16-9-6-10-17-27/h6-12,14,16-19,21-22,25-26,29-30,32-35,43H,5,13,15,20,23-24H2,1-4H3/b14-8-/t25?,26-,29-,30+,32-,33-,34+,35+,39-/m1/s1. The summed E-state index contributed by atoms with van der Waals surface area (Å²) >= 11 is 0. The van der Waals surface area contributed by atoms with Gasteiger partial charge in [-0.25, -0.2) is 0 Å². The van der Waals surface area contributed by atoms with E-state index < -0.39 is 66.3 Å². The van der Waals surface area contributed by atoms with Gasteiger partial charge in [-0.3, -0.25) is 19.2 Å². The summed E-state index contributed by atoms with van der Waals surface area (Å²) in [6.07, 6.45) is 8.04. The molecule has 1 N–H and O–H groups in total. The second kappa shape index (κ2) is 14.3. The molecule has 3 amide bonds. The molecule has 4 aliphatic rings. The van der Waals surface area contributed by atoms with Gasteiger partial charge in [-0.15, -0.1) is 0 Å². The highest BCUT2D eigenvalue weighted by atomic mass is 16.6. The average molecular weight is 670 g/mol. The Balaban J connectivity index is 1.49. The van der Waals surface area contributed by atoms with Crippen molar-refractivity contribution in [3.05, 3.63) is 96.1 Å². The second-order valence-corrected chi connectivity index (χ2v) is 13.7. The van der Waals surface area contributed by atoms with Crippen LogP contribution < -0.4 is 0 Å². The van der Waals surface area contributed by atoms with Gasteiger partial charge in [-0.2, -0.15) is 0 Å². The Bertz CT molecular complexity index is 1600. The molecular formula is C39H47N3O7. The zero-order valence-electron chi connectivity index (χ0n) is 28.7. The summed E-state index contributed by atoms with van der Waals surface area (Å²) in [6, 6.07) is 15.7. The van der Waals surface area contributed by atoms with E-state index in [0.717, 1.165) is 12.8 Å². The number of benzene rings is 2. The van der Waals surface area contributed by atoms with Crippen LogP contribution in [0.15, 0.2) is 85.0 Å². The molecule has 4 heterocycles. The molecule has 2 aromatic carbocycles. The number of likely N-dealkylation sites (tertiary alicyclic amines) is 1. The Hall–Kier alpha value is -4.28. The van der Waals surface area contributed by atoms with E-state index in [-0.39, 0.29) is 30.8 Å². The molecule has 1 spiro atoms. The van der Waals surface area contributed by atoms with Crippen LogP contribution in [0.2, 0.25) is 0 Å². The molecule has 0 radical (unpaired) electrons. The number of cyclic esters (lactones) is 1. The monoisotopic (exact) mass is 669 g/mol. The topological polar surface area (TPSA) is 117 Å². The number of hydrogen-bond donors (Lipinski definition) is 1. The molecule has 10 nitrogen and oxygen atoms in total. The number of aliphatic hydroxyl groups excluding tert-OH is 1. The molecule has 6 rings (SSSR count). The first-order chi connectivity index (χ1) is 23.6. The van der Waals surface area contributed by atoms with Gasteiger partial charge in [0.1, 0.15) is 23.7 Å². The molecule has 2 fully saturated rings. The molecule has 9 atom stereocenters. The number of carbonyl (C=O) groups excluding carboxylic acids is 4. The van der Waals surface area contributed by atoms with Gasteiger partial charge >= 0.3 is 5.97 Å². The van der Waals surface area contributed by atoms with Crippen LogP contribution >= 0.6 is 0 Å². The van der Waals surface area contributed by atoms with Crippen molar-refractivity contribution in [1.82, 2.24) is 14.7 Å². The Kier molecular flexibility index (Phi) is 10.1. The molecule has 1 unspecified atom stereocenters. The van der Waals surface area contributed by atoms with Crippen molar-refractivity contribution in [2.24, 2.45) is 11.8 Å². The molecule has 0 saturated carbocycles. The summed E-state index contributed by atoms with van der Waals surface area (Å²) < 4.78 is 13.0. The number of ether oxygens (including phenoxy) is 2. The van der Waals surface area contributed by atoms with Crippen LogP contribution in [0.1, 0.15) is 69.7 Å². The van der Waals surface area contributed by atoms with Gasteiger partial charge in [0.15, 0.2) is 0 Å². The fourth-order valence-corrected chi connectivity index (χ4v) is 8.15. The van der Waals surface area contributed by atoms with E-state index >= 15 is 4.79 Å². The summed E-state index contributed by atoms with van der Waals surface area (Å²) in [5.74, 6) is -3.58. The minimum absolute atomic E-state index is 0.100. The Morgan fingerprint density at radius 3 is 2.35 bits per heavy atom. The molecule has 2 saturated heterocycles. The number of allylic oxidation sites excluding steroid dienone is 1. The SMILES string of the molecule is CCCC(C)N1C/C=C\CCC(=O)N(C)[C@H](C)[C@@H](c2ccccc2)OC(=O)[C@@H]2[C@@H]3C=C[C@]4(O3)[C@H](C1=O)N([C@H](CO)c1ccccc1)C(=O)[C@@H]24. The van der Waals surface area contributed by atoms with Crippen LogP contribution in [0.3, 0.4) is 0 Å². The molecule has 5 bridgehead atoms. The predicted octanol–water partition coefficient (Wildman–Crippen LogP) is 4.37. The summed E-state index contributed by atoms with van der Waals surface area (Å²) in [5.41, 5.74) is -0.0497. The van der Waals surface area contributed by atoms with Crippen LogP contribution in [-0.4, -0.2) is 93.5 Å². The molecule has 0 aliphatic carbocycles. The maximum Gasteiger partial charge on any atom is 0.313 e. The average Bonchev–Trinajstić information content (AvgIpc) is 3.76. The number of hydrogen-bond acceptors (Lipinski definition) is 7. The van der Waals surface area contributed by atoms with E-state index in [1.165, 1.54) is 4.90 Å². The fourth-order valence-electron chi connectivity index (χ4n) is 8.15. The largest absolute Gasteiger partial charge is 0.455 e. The highest BCUT2D eigenvalue weighted by Gasteiger charge is 2.74. The maximum absolute atomic E-state index is 15.0. The third-order valence-electron chi connectivity index (χ3n) is 10.8. The lowest BCUT2D eigenvalue weighted by atomic mass is 9.74. The van der Waals surface area contributed by atoms with Gasteiger partial charge in [-0.1, -0.05) is 98.3 Å². The number of carbonyl (C=O) groups is 4. The zero-order chi connectivity index (χ0) is 34.9. The quantitative estimate of drug-likeness (QED) is 0.344. The maximum atomic E-state index is 15.0. The van der Waals surface area contributed by atoms with E-state index in [1.54, 1.807) is 29.0 Å². The third-order valence-corrected chi connectivity index (χ3v) is 10.8. The summed E-state index contributed by atoms with van der Waals surface area (Å²) in [6.45, 7) is 5.73. The predicted molar refractivity (Wildman–Crippen MR) is 183 cm³/mol. The minimum atomic E-state index is -1.44. The van der Waals surface area contributed by atoms with Crippen LogP contribution in [-0.2, 0) is 28.7 Å². The van der Waals surface area contributed by atoms with Gasteiger partial charge in [0.05, 0.1) is 30.7 Å². The number of esters is 1. The molecule has 2 aromatic rings. The van der Waals surface area contributed by atoms with Crippen LogP contribution in [0.25, 0.3) is 0 Å². The van der Waals surface area contributed by atoms with Gasteiger partial charge < -0.3 is 29.3 Å². The Morgan fingerprint density at radius 2 is 1.67 bits per heavy atom. The molecule has 0 aromatic heterocycles. The lowest BCUT2D eigenvalue weighted by molar-refractivity contribution is -0.164. The molecule has 49 heavy (non-hydrogen) atoms. The van der Waals surface area contributed by atoms with E-state index in [0.29, 0.717) is 17.5 Å². The van der Waals surface area contributed by atoms with Gasteiger partial charge in [0.25, 0.3) is 0 Å². The second-order valence-electron chi connectivity index (χ2n) is 13.7. The van der Waals surface area contributed by atoms with Crippen LogP contribution in [0.4, 0.5) is 0 Å². The van der Waals surface area contributed by atoms with Gasteiger partial charge in [-0.05, 0) is 37.8 Å². The molecule has 10 heteroatoms. The van der Waals surface area contributed by atoms with Gasteiger partial charge in [0.2, 0.25) is 17.7 Å². The first kappa shape index (κ1) is 34.6. The van der Waals surface area contributed by atoms with Crippen molar-refractivity contribution >= 4 is 23.7 Å². The van der Waals surface area contributed by atoms with Gasteiger partial charge in [0, 0.05) is 26.1 Å². The normalized spacial score (nSPS) is 32.3. The lowest BCUT2D eigenvalue weighted by Gasteiger charge is -2.40. The number of amides is 3. The first-order valence-corrected chi connectivity index (χ1v) is 17.5. The summed E-state index contributed by atoms with van der Waals surface area (Å²) in [7, 11) is 1.71. The van der Waals surface area contributed by atoms with Crippen molar-refractivity contribution in [3.8, 4) is 0 Å². The van der Waals surface area contributed by atoms with E-state index in [9.17, 15) is 19.5 Å². The van der Waals surface area contributed by atoms with Crippen LogP contribution in [0.5, 0.6) is 0 Å². The van der Waals surface area contributed by atoms with E-state index in [2.05, 4.69) is 6.92 Å². The Labute approximate surface area is 288 Å². The van der Waals surface area contributed by atoms with Crippen LogP contribution in [0, 0.1) is 11.8 Å². The summed E-state index contributed by atoms with van der Waals surface area (Å²) in [4.78, 5) is 62.5. The number of aliphatic hydroxyl groups is 1. The molecule has 260 valence electrons. The summed E-state index contributed by atoms with van der Waals surface area (Å²) in [5, 5.41) is 10.8. The first-order valence-electron chi connectivity index (χ1n) is 17.5. The number of rotatable bonds is 7. The number of fused-ring (bicyclic) bond motifs is 2. The molecular weight excluding hydrogens is 622 g/mol. The molecule has 4 aliphatic heterocycles. The number of likely N-dealkylation sites (N-methyl/N-ethyl adjacent to an activating group) is 1. The minimum Gasteiger partial charge on any atom is -0.455 e. The van der Waals surface area contributed by atoms with Crippen molar-refractivity contribution in [2.45, 2.75) is 88.4 Å². The third kappa shape index (κ3) is 6.10. The van der Waals surface area contributed by atoms with E-state index in [4.69, 9.17) is 9.47 Å². The number of nitrogens with zero attached hydrogens (tertiary/aromatic N) is 3. The smallest absolute Gasteiger partial charge is 0.313 e. The lowest BCUT2D eigenvalue weighted by Crippen LogP contribution is -2.58.